The van der Waals surface area contributed by atoms with E-state index in [9.17, 15) is 9.59 Å². The molecule has 4 rings (SSSR count). The molecule has 0 aliphatic carbocycles. The molecule has 136 valence electrons. The third kappa shape index (κ3) is 2.87. The van der Waals surface area contributed by atoms with Crippen LogP contribution >= 0.6 is 11.3 Å². The molecule has 1 atom stereocenters. The number of amides is 1. The Balaban J connectivity index is 1.60. The number of rotatable bonds is 3. The van der Waals surface area contributed by atoms with Crippen LogP contribution in [0.5, 0.6) is 0 Å². The molecule has 6 nitrogen and oxygen atoms in total. The molecule has 1 amide bonds. The van der Waals surface area contributed by atoms with Gasteiger partial charge in [0.1, 0.15) is 11.2 Å². The number of nitrogens with zero attached hydrogens (tertiary/aromatic N) is 1. The third-order valence-corrected chi connectivity index (χ3v) is 6.17. The highest BCUT2D eigenvalue weighted by atomic mass is 32.1. The van der Waals surface area contributed by atoms with Crippen molar-refractivity contribution in [2.45, 2.75) is 26.1 Å². The van der Waals surface area contributed by atoms with Crippen LogP contribution in [0, 0.1) is 0 Å². The lowest BCUT2D eigenvalue weighted by Gasteiger charge is -2.28. The number of likely N-dealkylation sites (N-methyl/N-ethyl adjacent to an activating group) is 1. The van der Waals surface area contributed by atoms with E-state index in [4.69, 9.17) is 4.74 Å². The summed E-state index contributed by atoms with van der Waals surface area (Å²) < 4.78 is 4.72. The summed E-state index contributed by atoms with van der Waals surface area (Å²) in [5, 5.41) is 7.43. The minimum absolute atomic E-state index is 0.0248. The summed E-state index contributed by atoms with van der Waals surface area (Å²) in [6, 6.07) is 7.09. The van der Waals surface area contributed by atoms with E-state index in [-0.39, 0.29) is 18.0 Å². The van der Waals surface area contributed by atoms with Crippen LogP contribution in [0.15, 0.2) is 24.3 Å². The van der Waals surface area contributed by atoms with Gasteiger partial charge in [-0.15, -0.1) is 11.3 Å². The number of nitrogens with one attached hydrogen (secondary N) is 2. The summed E-state index contributed by atoms with van der Waals surface area (Å²) in [7, 11) is 1.36. The first-order valence-corrected chi connectivity index (χ1v) is 9.55. The van der Waals surface area contributed by atoms with Crippen LogP contribution < -0.4 is 10.6 Å². The molecule has 0 unspecified atom stereocenters. The van der Waals surface area contributed by atoms with Gasteiger partial charge < -0.3 is 15.4 Å². The van der Waals surface area contributed by atoms with Gasteiger partial charge in [0.15, 0.2) is 0 Å². The average Bonchev–Trinajstić information content (AvgIpc) is 3.05. The number of carbonyl (C=O) groups is 2. The molecule has 2 N–H and O–H groups in total. The summed E-state index contributed by atoms with van der Waals surface area (Å²) >= 11 is 1.68. The summed E-state index contributed by atoms with van der Waals surface area (Å²) in [5.41, 5.74) is 3.39. The summed E-state index contributed by atoms with van der Waals surface area (Å²) in [4.78, 5) is 28.0. The van der Waals surface area contributed by atoms with Crippen LogP contribution in [-0.2, 0) is 17.7 Å². The predicted octanol–water partition coefficient (Wildman–Crippen LogP) is 2.77. The Morgan fingerprint density at radius 2 is 2.08 bits per heavy atom. The number of ether oxygens (including phenoxy) is 1. The monoisotopic (exact) mass is 371 g/mol. The molecule has 0 radical (unpaired) electrons. The maximum atomic E-state index is 12.7. The van der Waals surface area contributed by atoms with E-state index in [1.165, 1.54) is 17.6 Å². The molecule has 2 aromatic rings. The molecule has 3 heterocycles. The second kappa shape index (κ2) is 6.74. The molecule has 1 aromatic heterocycles. The summed E-state index contributed by atoms with van der Waals surface area (Å²) in [6.45, 7) is 5.10. The largest absolute Gasteiger partial charge is 0.465 e. The molecule has 2 aliphatic heterocycles. The van der Waals surface area contributed by atoms with Gasteiger partial charge in [-0.25, -0.2) is 4.79 Å². The zero-order chi connectivity index (χ0) is 18.3. The number of carbonyl (C=O) groups excluding carboxylic acids is 2. The van der Waals surface area contributed by atoms with E-state index in [0.717, 1.165) is 42.2 Å². The molecule has 2 aliphatic rings. The van der Waals surface area contributed by atoms with Gasteiger partial charge in [-0.3, -0.25) is 9.69 Å². The van der Waals surface area contributed by atoms with Gasteiger partial charge >= 0.3 is 5.97 Å². The molecular formula is C19H21N3O3S. The van der Waals surface area contributed by atoms with E-state index in [2.05, 4.69) is 22.5 Å². The van der Waals surface area contributed by atoms with Gasteiger partial charge in [0.2, 0.25) is 0 Å². The molecule has 26 heavy (non-hydrogen) atoms. The van der Waals surface area contributed by atoms with E-state index in [1.807, 2.05) is 12.1 Å². The molecule has 0 spiro atoms. The Bertz CT molecular complexity index is 860. The van der Waals surface area contributed by atoms with Crippen molar-refractivity contribution in [3.63, 3.8) is 0 Å². The van der Waals surface area contributed by atoms with Crippen molar-refractivity contribution in [1.82, 2.24) is 10.2 Å². The molecule has 0 fully saturated rings. The van der Waals surface area contributed by atoms with Crippen LogP contribution in [0.25, 0.3) is 0 Å². The number of esters is 1. The number of anilines is 1. The predicted molar refractivity (Wildman–Crippen MR) is 101 cm³/mol. The van der Waals surface area contributed by atoms with Crippen molar-refractivity contribution < 1.29 is 14.3 Å². The molecular weight excluding hydrogens is 350 g/mol. The highest BCUT2D eigenvalue weighted by Crippen LogP contribution is 2.40. The SMILES string of the molecule is CCN1CCc2c(sc3c2C(=O)N[C@H](c2ccc(C(=O)OC)cc2)N3)C1. The smallest absolute Gasteiger partial charge is 0.337 e. The average molecular weight is 371 g/mol. The molecule has 1 aromatic carbocycles. The number of methoxy groups -OCH3 is 1. The minimum atomic E-state index is -0.370. The Morgan fingerprint density at radius 3 is 2.77 bits per heavy atom. The zero-order valence-electron chi connectivity index (χ0n) is 14.8. The fourth-order valence-corrected chi connectivity index (χ4v) is 4.85. The van der Waals surface area contributed by atoms with Crippen LogP contribution in [0.1, 0.15) is 49.8 Å². The van der Waals surface area contributed by atoms with Crippen LogP contribution in [-0.4, -0.2) is 37.0 Å². The van der Waals surface area contributed by atoms with Crippen LogP contribution in [0.4, 0.5) is 5.00 Å². The van der Waals surface area contributed by atoms with Crippen molar-refractivity contribution in [1.29, 1.82) is 0 Å². The second-order valence-corrected chi connectivity index (χ2v) is 7.60. The molecule has 0 saturated carbocycles. The first-order chi connectivity index (χ1) is 12.6. The van der Waals surface area contributed by atoms with Crippen LogP contribution in [0.2, 0.25) is 0 Å². The van der Waals surface area contributed by atoms with E-state index in [1.54, 1.807) is 23.5 Å². The normalized spacial score (nSPS) is 19.2. The molecule has 0 bridgehead atoms. The Morgan fingerprint density at radius 1 is 1.31 bits per heavy atom. The second-order valence-electron chi connectivity index (χ2n) is 6.49. The maximum Gasteiger partial charge on any atom is 0.337 e. The fraction of sp³-hybridized carbons (Fsp3) is 0.368. The lowest BCUT2D eigenvalue weighted by molar-refractivity contribution is 0.0600. The summed E-state index contributed by atoms with van der Waals surface area (Å²) in [6.07, 6.45) is 0.617. The Kier molecular flexibility index (Phi) is 4.42. The number of thiophene rings is 1. The highest BCUT2D eigenvalue weighted by molar-refractivity contribution is 7.16. The van der Waals surface area contributed by atoms with Crippen molar-refractivity contribution in [3.05, 3.63) is 51.4 Å². The first kappa shape index (κ1) is 17.1. The third-order valence-electron chi connectivity index (χ3n) is 5.03. The number of benzene rings is 1. The Labute approximate surface area is 156 Å². The van der Waals surface area contributed by atoms with Gasteiger partial charge in [-0.05, 0) is 36.2 Å². The van der Waals surface area contributed by atoms with Gasteiger partial charge in [0, 0.05) is 18.0 Å². The van der Waals surface area contributed by atoms with Crippen molar-refractivity contribution in [2.75, 3.05) is 25.5 Å². The van der Waals surface area contributed by atoms with E-state index in [0.29, 0.717) is 5.56 Å². The number of hydrogen-bond donors (Lipinski definition) is 2. The summed E-state index contributed by atoms with van der Waals surface area (Å²) in [5.74, 6) is -0.394. The fourth-order valence-electron chi connectivity index (χ4n) is 3.53. The van der Waals surface area contributed by atoms with Crippen LogP contribution in [0.3, 0.4) is 0 Å². The molecule has 0 saturated heterocycles. The van der Waals surface area contributed by atoms with Gasteiger partial charge in [0.05, 0.1) is 18.2 Å². The van der Waals surface area contributed by atoms with E-state index < -0.39 is 0 Å². The van der Waals surface area contributed by atoms with Crippen molar-refractivity contribution in [3.8, 4) is 0 Å². The lowest BCUT2D eigenvalue weighted by Crippen LogP contribution is -2.38. The zero-order valence-corrected chi connectivity index (χ0v) is 15.6. The van der Waals surface area contributed by atoms with Gasteiger partial charge in [-0.1, -0.05) is 19.1 Å². The minimum Gasteiger partial charge on any atom is -0.465 e. The highest BCUT2D eigenvalue weighted by Gasteiger charge is 2.33. The lowest BCUT2D eigenvalue weighted by atomic mass is 10.00. The first-order valence-electron chi connectivity index (χ1n) is 8.73. The standard InChI is InChI=1S/C19H21N3O3S/c1-3-22-9-8-13-14(10-22)26-18-15(13)17(23)20-16(21-18)11-4-6-12(7-5-11)19(24)25-2/h4-7,16,21H,3,8-10H2,1-2H3,(H,20,23)/t16-/m0/s1. The van der Waals surface area contributed by atoms with E-state index >= 15 is 0 Å². The van der Waals surface area contributed by atoms with Gasteiger partial charge in [0.25, 0.3) is 5.91 Å². The number of hydrogen-bond acceptors (Lipinski definition) is 6. The topological polar surface area (TPSA) is 70.7 Å². The molecule has 7 heteroatoms. The van der Waals surface area contributed by atoms with Gasteiger partial charge in [-0.2, -0.15) is 0 Å². The van der Waals surface area contributed by atoms with Crippen molar-refractivity contribution >= 4 is 28.2 Å². The maximum absolute atomic E-state index is 12.7. The van der Waals surface area contributed by atoms with Crippen molar-refractivity contribution in [2.24, 2.45) is 0 Å². The quantitative estimate of drug-likeness (QED) is 0.812. The Hall–Kier alpha value is -2.38. The number of fused-ring (bicyclic) bond motifs is 3.